The van der Waals surface area contributed by atoms with Crippen LogP contribution in [0.1, 0.15) is 68.7 Å². The molecule has 1 aromatic rings. The molecular weight excluding hydrogens is 338 g/mol. The van der Waals surface area contributed by atoms with Crippen LogP contribution in [0, 0.1) is 37.0 Å². The second-order valence-electron chi connectivity index (χ2n) is 8.40. The van der Waals surface area contributed by atoms with E-state index in [1.165, 1.54) is 0 Å². The average Bonchev–Trinajstić information content (AvgIpc) is 2.81. The largest absolute Gasteiger partial charge is 0.356 e. The lowest BCUT2D eigenvalue weighted by Crippen LogP contribution is -2.36. The third kappa shape index (κ3) is 4.66. The molecule has 2 rings (SSSR count). The maximum Gasteiger partial charge on any atom is 0.225 e. The summed E-state index contributed by atoms with van der Waals surface area (Å²) >= 11 is 0. The molecule has 0 radical (unpaired) electrons. The van der Waals surface area contributed by atoms with Crippen molar-refractivity contribution in [3.8, 4) is 11.8 Å². The Bertz CT molecular complexity index is 810. The minimum Gasteiger partial charge on any atom is -0.356 e. The molecule has 0 aromatic heterocycles. The SMILES string of the molecule is CC#Cc1cc(C)c(C2C(=O)CC(CCNC(=O)C(C)(C)C)C2=O)c(C)c1. The van der Waals surface area contributed by atoms with Crippen LogP contribution < -0.4 is 5.32 Å². The first-order chi connectivity index (χ1) is 12.6. The minimum atomic E-state index is -0.683. The molecule has 1 aliphatic carbocycles. The molecule has 0 bridgehead atoms. The summed E-state index contributed by atoms with van der Waals surface area (Å²) in [6, 6.07) is 3.88. The first-order valence-electron chi connectivity index (χ1n) is 9.45. The Morgan fingerprint density at radius 3 is 2.30 bits per heavy atom. The summed E-state index contributed by atoms with van der Waals surface area (Å²) in [7, 11) is 0. The zero-order chi connectivity index (χ0) is 20.4. The predicted molar refractivity (Wildman–Crippen MR) is 106 cm³/mol. The maximum absolute atomic E-state index is 12.9. The lowest BCUT2D eigenvalue weighted by Gasteiger charge is -2.19. The number of rotatable bonds is 4. The van der Waals surface area contributed by atoms with Crippen LogP contribution in [0.5, 0.6) is 0 Å². The van der Waals surface area contributed by atoms with Gasteiger partial charge in [0, 0.05) is 29.9 Å². The minimum absolute atomic E-state index is 0.0207. The number of hydrogen-bond acceptors (Lipinski definition) is 3. The second-order valence-corrected chi connectivity index (χ2v) is 8.40. The molecule has 1 aromatic carbocycles. The van der Waals surface area contributed by atoms with E-state index >= 15 is 0 Å². The number of nitrogens with one attached hydrogen (secondary N) is 1. The number of carbonyl (C=O) groups is 3. The van der Waals surface area contributed by atoms with Gasteiger partial charge in [-0.05, 0) is 56.0 Å². The molecular formula is C23H29NO3. The van der Waals surface area contributed by atoms with E-state index in [2.05, 4.69) is 17.2 Å². The Hall–Kier alpha value is -2.41. The molecule has 144 valence electrons. The Balaban J connectivity index is 2.14. The van der Waals surface area contributed by atoms with Crippen molar-refractivity contribution < 1.29 is 14.4 Å². The average molecular weight is 367 g/mol. The van der Waals surface area contributed by atoms with Crippen molar-refractivity contribution in [2.24, 2.45) is 11.3 Å². The molecule has 1 saturated carbocycles. The number of benzene rings is 1. The van der Waals surface area contributed by atoms with Gasteiger partial charge in [-0.1, -0.05) is 26.7 Å². The summed E-state index contributed by atoms with van der Waals surface area (Å²) in [6.45, 7) is 11.6. The number of Topliss-reactive ketones (excluding diaryl/α,β-unsaturated/α-hetero) is 2. The van der Waals surface area contributed by atoms with Gasteiger partial charge in [0.1, 0.15) is 11.7 Å². The summed E-state index contributed by atoms with van der Waals surface area (Å²) in [4.78, 5) is 37.5. The van der Waals surface area contributed by atoms with Crippen molar-refractivity contribution in [1.82, 2.24) is 5.32 Å². The number of ketones is 2. The summed E-state index contributed by atoms with van der Waals surface area (Å²) in [5, 5.41) is 2.87. The zero-order valence-corrected chi connectivity index (χ0v) is 17.2. The highest BCUT2D eigenvalue weighted by Gasteiger charge is 2.42. The Labute approximate surface area is 162 Å². The normalized spacial score (nSPS) is 19.6. The van der Waals surface area contributed by atoms with E-state index in [-0.39, 0.29) is 29.8 Å². The van der Waals surface area contributed by atoms with Crippen molar-refractivity contribution in [2.45, 2.75) is 60.3 Å². The molecule has 1 fully saturated rings. The number of hydrogen-bond donors (Lipinski definition) is 1. The van der Waals surface area contributed by atoms with Crippen molar-refractivity contribution in [3.63, 3.8) is 0 Å². The van der Waals surface area contributed by atoms with Gasteiger partial charge in [0.15, 0.2) is 5.78 Å². The molecule has 4 heteroatoms. The van der Waals surface area contributed by atoms with E-state index in [4.69, 9.17) is 0 Å². The molecule has 0 saturated heterocycles. The number of amides is 1. The molecule has 27 heavy (non-hydrogen) atoms. The lowest BCUT2D eigenvalue weighted by molar-refractivity contribution is -0.129. The van der Waals surface area contributed by atoms with Gasteiger partial charge in [0.2, 0.25) is 5.91 Å². The van der Waals surface area contributed by atoms with Crippen LogP contribution in [-0.2, 0) is 14.4 Å². The Kier molecular flexibility index (Phi) is 6.26. The molecule has 0 heterocycles. The standard InChI is InChI=1S/C23H29NO3/c1-7-8-16-11-14(2)19(15(3)12-16)20-18(25)13-17(21(20)26)9-10-24-22(27)23(4,5)6/h11-12,17,20H,9-10,13H2,1-6H3,(H,24,27). The van der Waals surface area contributed by atoms with Gasteiger partial charge in [-0.2, -0.15) is 0 Å². The van der Waals surface area contributed by atoms with E-state index < -0.39 is 11.3 Å². The number of aryl methyl sites for hydroxylation is 2. The molecule has 1 amide bonds. The summed E-state index contributed by atoms with van der Waals surface area (Å²) in [6.07, 6.45) is 0.755. The van der Waals surface area contributed by atoms with Gasteiger partial charge >= 0.3 is 0 Å². The number of carbonyl (C=O) groups excluding carboxylic acids is 3. The lowest BCUT2D eigenvalue weighted by atomic mass is 9.86. The molecule has 2 unspecified atom stereocenters. The fourth-order valence-electron chi connectivity index (χ4n) is 3.67. The summed E-state index contributed by atoms with van der Waals surface area (Å²) in [5.74, 6) is 4.81. The van der Waals surface area contributed by atoms with E-state index in [0.29, 0.717) is 13.0 Å². The second kappa shape index (κ2) is 8.08. The van der Waals surface area contributed by atoms with Crippen molar-refractivity contribution in [3.05, 3.63) is 34.4 Å². The highest BCUT2D eigenvalue weighted by molar-refractivity contribution is 6.15. The van der Waals surface area contributed by atoms with Gasteiger partial charge in [-0.15, -0.1) is 5.92 Å². The van der Waals surface area contributed by atoms with E-state index in [9.17, 15) is 14.4 Å². The van der Waals surface area contributed by atoms with Crippen LogP contribution in [0.3, 0.4) is 0 Å². The molecule has 0 spiro atoms. The maximum atomic E-state index is 12.9. The van der Waals surface area contributed by atoms with Gasteiger partial charge in [-0.3, -0.25) is 14.4 Å². The van der Waals surface area contributed by atoms with Crippen LogP contribution in [0.25, 0.3) is 0 Å². The molecule has 4 nitrogen and oxygen atoms in total. The summed E-state index contributed by atoms with van der Waals surface area (Å²) < 4.78 is 0. The van der Waals surface area contributed by atoms with E-state index in [0.717, 1.165) is 22.3 Å². The first kappa shape index (κ1) is 20.9. The van der Waals surface area contributed by atoms with Crippen LogP contribution in [0.4, 0.5) is 0 Å². The highest BCUT2D eigenvalue weighted by atomic mass is 16.2. The van der Waals surface area contributed by atoms with Gasteiger partial charge in [0.25, 0.3) is 0 Å². The third-order valence-corrected chi connectivity index (χ3v) is 5.07. The predicted octanol–water partition coefficient (Wildman–Crippen LogP) is 3.47. The third-order valence-electron chi connectivity index (χ3n) is 5.07. The Morgan fingerprint density at radius 1 is 1.19 bits per heavy atom. The van der Waals surface area contributed by atoms with Crippen LogP contribution in [0.15, 0.2) is 12.1 Å². The van der Waals surface area contributed by atoms with Crippen LogP contribution in [0.2, 0.25) is 0 Å². The molecule has 1 aliphatic rings. The molecule has 0 aliphatic heterocycles. The van der Waals surface area contributed by atoms with E-state index in [1.54, 1.807) is 6.92 Å². The van der Waals surface area contributed by atoms with Crippen LogP contribution in [-0.4, -0.2) is 24.0 Å². The molecule has 2 atom stereocenters. The zero-order valence-electron chi connectivity index (χ0n) is 17.2. The fourth-order valence-corrected chi connectivity index (χ4v) is 3.67. The summed E-state index contributed by atoms with van der Waals surface area (Å²) in [5.41, 5.74) is 3.13. The van der Waals surface area contributed by atoms with Crippen molar-refractivity contribution in [1.29, 1.82) is 0 Å². The van der Waals surface area contributed by atoms with Gasteiger partial charge in [0.05, 0.1) is 0 Å². The quantitative estimate of drug-likeness (QED) is 0.655. The van der Waals surface area contributed by atoms with Gasteiger partial charge in [-0.25, -0.2) is 0 Å². The first-order valence-corrected chi connectivity index (χ1v) is 9.45. The highest BCUT2D eigenvalue weighted by Crippen LogP contribution is 2.37. The molecule has 1 N–H and O–H groups in total. The van der Waals surface area contributed by atoms with Crippen LogP contribution >= 0.6 is 0 Å². The monoisotopic (exact) mass is 367 g/mol. The smallest absolute Gasteiger partial charge is 0.225 e. The van der Waals surface area contributed by atoms with E-state index in [1.807, 2.05) is 46.8 Å². The van der Waals surface area contributed by atoms with Crippen molar-refractivity contribution in [2.75, 3.05) is 6.54 Å². The topological polar surface area (TPSA) is 63.2 Å². The Morgan fingerprint density at radius 2 is 1.78 bits per heavy atom. The van der Waals surface area contributed by atoms with Crippen molar-refractivity contribution >= 4 is 17.5 Å². The van der Waals surface area contributed by atoms with Gasteiger partial charge < -0.3 is 5.32 Å². The fraction of sp³-hybridized carbons (Fsp3) is 0.522.